The van der Waals surface area contributed by atoms with E-state index < -0.39 is 0 Å². The summed E-state index contributed by atoms with van der Waals surface area (Å²) in [4.78, 5) is 34.9. The summed E-state index contributed by atoms with van der Waals surface area (Å²) in [6.45, 7) is 1.51. The zero-order chi connectivity index (χ0) is 22.8. The number of carbonyl (C=O) groups excluding carboxylic acids is 1. The second-order valence-corrected chi connectivity index (χ2v) is 8.34. The van der Waals surface area contributed by atoms with E-state index in [0.717, 1.165) is 24.0 Å². The average Bonchev–Trinajstić information content (AvgIpc) is 3.24. The molecule has 5 rings (SSSR count). The van der Waals surface area contributed by atoms with Gasteiger partial charge >= 0.3 is 0 Å². The van der Waals surface area contributed by atoms with Crippen LogP contribution in [0.4, 0.5) is 4.39 Å². The van der Waals surface area contributed by atoms with Crippen LogP contribution in [0.3, 0.4) is 0 Å². The van der Waals surface area contributed by atoms with Crippen LogP contribution >= 0.6 is 0 Å². The molecule has 0 spiro atoms. The van der Waals surface area contributed by atoms with E-state index in [-0.39, 0.29) is 28.7 Å². The van der Waals surface area contributed by atoms with Crippen LogP contribution in [-0.4, -0.2) is 48.9 Å². The van der Waals surface area contributed by atoms with Crippen molar-refractivity contribution in [2.45, 2.75) is 31.7 Å². The molecule has 1 atom stereocenters. The Morgan fingerprint density at radius 2 is 1.88 bits per heavy atom. The lowest BCUT2D eigenvalue weighted by atomic mass is 9.96. The van der Waals surface area contributed by atoms with E-state index >= 15 is 0 Å². The number of likely N-dealkylation sites (tertiary alicyclic amines) is 1. The molecule has 0 aliphatic carbocycles. The van der Waals surface area contributed by atoms with Gasteiger partial charge < -0.3 is 9.88 Å². The Kier molecular flexibility index (Phi) is 5.68. The van der Waals surface area contributed by atoms with Crippen LogP contribution in [0.2, 0.25) is 0 Å². The van der Waals surface area contributed by atoms with Gasteiger partial charge in [0, 0.05) is 19.0 Å². The van der Waals surface area contributed by atoms with Crippen LogP contribution in [-0.2, 0) is 17.8 Å². The van der Waals surface area contributed by atoms with Crippen molar-refractivity contribution >= 4 is 17.1 Å². The zero-order valence-electron chi connectivity index (χ0n) is 17.9. The van der Waals surface area contributed by atoms with Gasteiger partial charge in [-0.1, -0.05) is 47.7 Å². The second kappa shape index (κ2) is 8.93. The van der Waals surface area contributed by atoms with Crippen molar-refractivity contribution in [1.29, 1.82) is 0 Å². The third-order valence-corrected chi connectivity index (χ3v) is 6.00. The molecule has 0 radical (unpaired) electrons. The summed E-state index contributed by atoms with van der Waals surface area (Å²) in [5, 5.41) is 8.05. The maximum Gasteiger partial charge on any atom is 0.281 e. The van der Waals surface area contributed by atoms with E-state index in [1.165, 1.54) is 12.1 Å². The fourth-order valence-corrected chi connectivity index (χ4v) is 4.25. The van der Waals surface area contributed by atoms with E-state index in [1.807, 2.05) is 35.2 Å². The van der Waals surface area contributed by atoms with Gasteiger partial charge in [0.05, 0.1) is 13.0 Å². The number of amides is 1. The Morgan fingerprint density at radius 1 is 1.09 bits per heavy atom. The summed E-state index contributed by atoms with van der Waals surface area (Å²) >= 11 is 0. The Hall–Kier alpha value is -3.88. The molecule has 33 heavy (non-hydrogen) atoms. The third-order valence-electron chi connectivity index (χ3n) is 6.00. The number of aromatic nitrogens is 5. The first-order chi connectivity index (χ1) is 16.1. The van der Waals surface area contributed by atoms with Crippen LogP contribution in [0.1, 0.15) is 35.7 Å². The Bertz CT molecular complexity index is 1330. The van der Waals surface area contributed by atoms with Crippen LogP contribution in [0.15, 0.2) is 59.4 Å². The molecule has 1 aliphatic rings. The molecule has 0 saturated carbocycles. The van der Waals surface area contributed by atoms with Crippen molar-refractivity contribution in [2.75, 3.05) is 13.1 Å². The SMILES string of the molecule is O=C(Cc1ccccc1)N1CCCC(c2nc3c(nnn3Cc3ccc(F)cc3)c(=O)[nH]2)C1. The van der Waals surface area contributed by atoms with Gasteiger partial charge in [0.15, 0.2) is 11.2 Å². The number of nitrogens with zero attached hydrogens (tertiary/aromatic N) is 5. The lowest BCUT2D eigenvalue weighted by molar-refractivity contribution is -0.131. The van der Waals surface area contributed by atoms with Gasteiger partial charge in [0.1, 0.15) is 11.6 Å². The number of carbonyl (C=O) groups is 1. The summed E-state index contributed by atoms with van der Waals surface area (Å²) in [5.41, 5.74) is 1.99. The van der Waals surface area contributed by atoms with Crippen LogP contribution in [0, 0.1) is 5.82 Å². The van der Waals surface area contributed by atoms with E-state index in [0.29, 0.717) is 37.5 Å². The third kappa shape index (κ3) is 4.52. The number of halogens is 1. The molecular formula is C24H23FN6O2. The Morgan fingerprint density at radius 3 is 2.67 bits per heavy atom. The van der Waals surface area contributed by atoms with Crippen molar-refractivity contribution < 1.29 is 9.18 Å². The molecule has 1 amide bonds. The molecule has 1 unspecified atom stereocenters. The fraction of sp³-hybridized carbons (Fsp3) is 0.292. The Labute approximate surface area is 189 Å². The maximum absolute atomic E-state index is 13.2. The molecule has 0 bridgehead atoms. The molecule has 1 saturated heterocycles. The first-order valence-electron chi connectivity index (χ1n) is 11.0. The Balaban J connectivity index is 1.38. The molecule has 168 valence electrons. The number of piperidine rings is 1. The van der Waals surface area contributed by atoms with Crippen molar-refractivity contribution in [3.05, 3.63) is 87.7 Å². The molecule has 4 aromatic rings. The van der Waals surface area contributed by atoms with Gasteiger partial charge in [-0.05, 0) is 36.1 Å². The standard InChI is InChI=1S/C24H23FN6O2/c25-19-10-8-17(9-11-19)14-31-23-21(28-29-31)24(33)27-22(26-23)18-7-4-12-30(15-18)20(32)13-16-5-2-1-3-6-16/h1-3,5-6,8-11,18H,4,7,12-15H2,(H,26,27,33). The first kappa shape index (κ1) is 21.0. The predicted molar refractivity (Wildman–Crippen MR) is 120 cm³/mol. The van der Waals surface area contributed by atoms with Crippen molar-refractivity contribution in [1.82, 2.24) is 29.9 Å². The molecule has 3 heterocycles. The molecule has 9 heteroatoms. The topological polar surface area (TPSA) is 96.8 Å². The second-order valence-electron chi connectivity index (χ2n) is 8.34. The summed E-state index contributed by atoms with van der Waals surface area (Å²) < 4.78 is 14.8. The number of hydrogen-bond acceptors (Lipinski definition) is 5. The molecular weight excluding hydrogens is 423 g/mol. The van der Waals surface area contributed by atoms with Crippen molar-refractivity contribution in [3.63, 3.8) is 0 Å². The summed E-state index contributed by atoms with van der Waals surface area (Å²) in [6.07, 6.45) is 2.01. The quantitative estimate of drug-likeness (QED) is 0.508. The van der Waals surface area contributed by atoms with Gasteiger partial charge in [-0.3, -0.25) is 9.59 Å². The van der Waals surface area contributed by atoms with E-state index in [4.69, 9.17) is 0 Å². The number of fused-ring (bicyclic) bond motifs is 1. The fourth-order valence-electron chi connectivity index (χ4n) is 4.25. The minimum Gasteiger partial charge on any atom is -0.342 e. The van der Waals surface area contributed by atoms with Crippen LogP contribution < -0.4 is 5.56 Å². The predicted octanol–water partition coefficient (Wildman–Crippen LogP) is 2.65. The summed E-state index contributed by atoms with van der Waals surface area (Å²) in [5.74, 6) is 0.206. The first-order valence-corrected chi connectivity index (χ1v) is 11.0. The number of nitrogens with one attached hydrogen (secondary N) is 1. The largest absolute Gasteiger partial charge is 0.342 e. The smallest absolute Gasteiger partial charge is 0.281 e. The lowest BCUT2D eigenvalue weighted by Gasteiger charge is -2.32. The molecule has 2 aromatic heterocycles. The number of hydrogen-bond donors (Lipinski definition) is 1. The highest BCUT2D eigenvalue weighted by Gasteiger charge is 2.27. The lowest BCUT2D eigenvalue weighted by Crippen LogP contribution is -2.40. The summed E-state index contributed by atoms with van der Waals surface area (Å²) in [7, 11) is 0. The highest BCUT2D eigenvalue weighted by atomic mass is 19.1. The van der Waals surface area contributed by atoms with Crippen molar-refractivity contribution in [3.8, 4) is 0 Å². The molecule has 1 aliphatic heterocycles. The minimum absolute atomic E-state index is 0.0670. The highest BCUT2D eigenvalue weighted by molar-refractivity contribution is 5.79. The monoisotopic (exact) mass is 446 g/mol. The van der Waals surface area contributed by atoms with Gasteiger partial charge in [-0.2, -0.15) is 0 Å². The van der Waals surface area contributed by atoms with E-state index in [1.54, 1.807) is 16.8 Å². The van der Waals surface area contributed by atoms with Gasteiger partial charge in [-0.25, -0.2) is 14.1 Å². The highest BCUT2D eigenvalue weighted by Crippen LogP contribution is 2.25. The van der Waals surface area contributed by atoms with Crippen LogP contribution in [0.25, 0.3) is 11.2 Å². The van der Waals surface area contributed by atoms with E-state index in [2.05, 4.69) is 20.3 Å². The molecule has 2 aromatic carbocycles. The average molecular weight is 446 g/mol. The van der Waals surface area contributed by atoms with Gasteiger partial charge in [0.2, 0.25) is 5.91 Å². The number of rotatable bonds is 5. The molecule has 8 nitrogen and oxygen atoms in total. The minimum atomic E-state index is -0.354. The zero-order valence-corrected chi connectivity index (χ0v) is 17.9. The number of H-pyrrole nitrogens is 1. The van der Waals surface area contributed by atoms with Crippen LogP contribution in [0.5, 0.6) is 0 Å². The molecule has 1 fully saturated rings. The number of benzene rings is 2. The maximum atomic E-state index is 13.2. The van der Waals surface area contributed by atoms with Crippen molar-refractivity contribution in [2.24, 2.45) is 0 Å². The van der Waals surface area contributed by atoms with Gasteiger partial charge in [-0.15, -0.1) is 5.10 Å². The molecule has 1 N–H and O–H groups in total. The normalized spacial score (nSPS) is 16.3. The summed E-state index contributed by atoms with van der Waals surface area (Å²) in [6, 6.07) is 15.8. The van der Waals surface area contributed by atoms with Gasteiger partial charge in [0.25, 0.3) is 5.56 Å². The van der Waals surface area contributed by atoms with E-state index in [9.17, 15) is 14.0 Å². The number of aromatic amines is 1.